The molecule has 2 aromatic carbocycles. The standard InChI is InChI=1S/C37H44F6N6O4/c1-5-29(50)46-30(33(52)49-17-15-48(4)16-18-49)22(2)24-9-10-28(27(38)20-24)45-32(51)31(35(3)13-11-25(12-14-35)37(41,42)43)47-34(53)36(39,40)26-8-6-7-23(19-26)21-44/h6-10,19-20,22,25,30-31H,5,11-18H2,1-4H3,(H,45,51)(H,46,50)(H,47,53)/t22-,25?,30+,31+,35?/m0/s1. The Labute approximate surface area is 304 Å². The third-order valence-electron chi connectivity index (χ3n) is 10.5. The van der Waals surface area contributed by atoms with Crippen LogP contribution in [0.5, 0.6) is 0 Å². The lowest BCUT2D eigenvalue weighted by atomic mass is 9.67. The van der Waals surface area contributed by atoms with Gasteiger partial charge in [-0.05, 0) is 68.0 Å². The van der Waals surface area contributed by atoms with Crippen molar-refractivity contribution in [2.45, 2.75) is 83.0 Å². The number of benzene rings is 2. The van der Waals surface area contributed by atoms with Gasteiger partial charge in [-0.25, -0.2) is 4.39 Å². The summed E-state index contributed by atoms with van der Waals surface area (Å²) in [5, 5.41) is 16.2. The van der Waals surface area contributed by atoms with Crippen molar-refractivity contribution in [2.75, 3.05) is 38.5 Å². The first-order valence-electron chi connectivity index (χ1n) is 17.4. The Kier molecular flexibility index (Phi) is 12.9. The minimum Gasteiger partial charge on any atom is -0.344 e. The second-order valence-corrected chi connectivity index (χ2v) is 14.2. The lowest BCUT2D eigenvalue weighted by molar-refractivity contribution is -0.188. The minimum absolute atomic E-state index is 0.101. The molecule has 0 unspecified atom stereocenters. The molecular formula is C37H44F6N6O4. The van der Waals surface area contributed by atoms with E-state index in [-0.39, 0.29) is 36.6 Å². The first-order valence-corrected chi connectivity index (χ1v) is 17.4. The molecule has 1 aliphatic carbocycles. The van der Waals surface area contributed by atoms with Gasteiger partial charge in [-0.15, -0.1) is 0 Å². The molecule has 3 atom stereocenters. The smallest absolute Gasteiger partial charge is 0.344 e. The predicted octanol–water partition coefficient (Wildman–Crippen LogP) is 5.44. The fourth-order valence-corrected chi connectivity index (χ4v) is 6.80. The maximum absolute atomic E-state index is 15.7. The van der Waals surface area contributed by atoms with Gasteiger partial charge in [0.15, 0.2) is 0 Å². The molecule has 4 amide bonds. The van der Waals surface area contributed by atoms with Crippen LogP contribution in [0.1, 0.15) is 75.5 Å². The second kappa shape index (κ2) is 16.6. The Morgan fingerprint density at radius 3 is 2.19 bits per heavy atom. The number of hydrogen-bond acceptors (Lipinski definition) is 6. The molecule has 0 aromatic heterocycles. The van der Waals surface area contributed by atoms with Gasteiger partial charge in [0.1, 0.15) is 17.9 Å². The summed E-state index contributed by atoms with van der Waals surface area (Å²) in [7, 11) is 1.92. The zero-order valence-corrected chi connectivity index (χ0v) is 30.0. The molecule has 2 aromatic rings. The van der Waals surface area contributed by atoms with Gasteiger partial charge in [-0.1, -0.05) is 39.0 Å². The van der Waals surface area contributed by atoms with Crippen LogP contribution < -0.4 is 16.0 Å². The van der Waals surface area contributed by atoms with E-state index in [1.807, 2.05) is 12.4 Å². The van der Waals surface area contributed by atoms with Crippen LogP contribution in [0.4, 0.5) is 32.0 Å². The number of nitrogens with zero attached hydrogens (tertiary/aromatic N) is 3. The van der Waals surface area contributed by atoms with Crippen molar-refractivity contribution >= 4 is 29.3 Å². The largest absolute Gasteiger partial charge is 0.391 e. The van der Waals surface area contributed by atoms with E-state index in [0.29, 0.717) is 31.7 Å². The quantitative estimate of drug-likeness (QED) is 0.262. The number of amides is 4. The van der Waals surface area contributed by atoms with Gasteiger partial charge in [-0.3, -0.25) is 19.2 Å². The van der Waals surface area contributed by atoms with Crippen LogP contribution in [0.15, 0.2) is 42.5 Å². The molecule has 1 heterocycles. The van der Waals surface area contributed by atoms with E-state index in [1.54, 1.807) is 24.8 Å². The van der Waals surface area contributed by atoms with E-state index in [4.69, 9.17) is 5.26 Å². The molecule has 2 fully saturated rings. The number of piperazine rings is 1. The zero-order chi connectivity index (χ0) is 39.3. The average molecular weight is 751 g/mol. The molecular weight excluding hydrogens is 706 g/mol. The van der Waals surface area contributed by atoms with Crippen molar-refractivity contribution in [1.29, 1.82) is 5.26 Å². The van der Waals surface area contributed by atoms with Gasteiger partial charge in [-0.2, -0.15) is 27.2 Å². The van der Waals surface area contributed by atoms with Gasteiger partial charge < -0.3 is 25.8 Å². The molecule has 2 aliphatic rings. The van der Waals surface area contributed by atoms with Crippen molar-refractivity contribution < 1.29 is 45.5 Å². The maximum Gasteiger partial charge on any atom is 0.391 e. The molecule has 53 heavy (non-hydrogen) atoms. The van der Waals surface area contributed by atoms with Gasteiger partial charge in [0, 0.05) is 44.1 Å². The van der Waals surface area contributed by atoms with E-state index in [2.05, 4.69) is 15.5 Å². The van der Waals surface area contributed by atoms with Gasteiger partial charge in [0.25, 0.3) is 5.91 Å². The molecule has 4 rings (SSSR count). The maximum atomic E-state index is 15.7. The molecule has 1 aliphatic heterocycles. The molecule has 0 radical (unpaired) electrons. The molecule has 288 valence electrons. The number of halogens is 6. The predicted molar refractivity (Wildman–Crippen MR) is 183 cm³/mol. The van der Waals surface area contributed by atoms with Crippen LogP contribution in [0.2, 0.25) is 0 Å². The summed E-state index contributed by atoms with van der Waals surface area (Å²) in [6, 6.07) is 6.63. The minimum atomic E-state index is -4.52. The van der Waals surface area contributed by atoms with Crippen molar-refractivity contribution in [3.63, 3.8) is 0 Å². The van der Waals surface area contributed by atoms with Gasteiger partial charge in [0.05, 0.1) is 23.2 Å². The number of likely N-dealkylation sites (N-methyl/N-ethyl adjacent to an activating group) is 1. The van der Waals surface area contributed by atoms with Crippen LogP contribution in [0.25, 0.3) is 0 Å². The number of nitrogens with one attached hydrogen (secondary N) is 3. The number of anilines is 1. The van der Waals surface area contributed by atoms with Gasteiger partial charge >= 0.3 is 12.1 Å². The molecule has 10 nitrogen and oxygen atoms in total. The number of carbonyl (C=O) groups is 4. The third-order valence-corrected chi connectivity index (χ3v) is 10.5. The van der Waals surface area contributed by atoms with Crippen LogP contribution in [-0.4, -0.2) is 84.9 Å². The zero-order valence-electron chi connectivity index (χ0n) is 30.0. The number of nitriles is 1. The van der Waals surface area contributed by atoms with Crippen LogP contribution in [0, 0.1) is 28.5 Å². The number of carbonyl (C=O) groups excluding carboxylic acids is 4. The summed E-state index contributed by atoms with van der Waals surface area (Å²) in [5.41, 5.74) is -2.55. The molecule has 1 saturated heterocycles. The highest BCUT2D eigenvalue weighted by Gasteiger charge is 2.51. The Balaban J connectivity index is 1.60. The number of hydrogen-bond donors (Lipinski definition) is 3. The number of alkyl halides is 5. The molecule has 0 spiro atoms. The second-order valence-electron chi connectivity index (χ2n) is 14.2. The molecule has 3 N–H and O–H groups in total. The first-order chi connectivity index (χ1) is 24.8. The normalized spacial score (nSPS) is 21.5. The Bertz CT molecular complexity index is 1710. The number of rotatable bonds is 11. The fourth-order valence-electron chi connectivity index (χ4n) is 6.80. The summed E-state index contributed by atoms with van der Waals surface area (Å²) in [4.78, 5) is 56.6. The third kappa shape index (κ3) is 9.67. The topological polar surface area (TPSA) is 135 Å². The van der Waals surface area contributed by atoms with E-state index in [1.165, 1.54) is 25.1 Å². The SMILES string of the molecule is CCC(=O)N[C@@H](C(=O)N1CCN(C)CC1)[C@@H](C)c1ccc(NC(=O)[C@@H](NC(=O)C(F)(F)c2cccc(C#N)c2)C2(C)CCC(C(F)(F)F)CC2)c(F)c1. The highest BCUT2D eigenvalue weighted by atomic mass is 19.4. The molecule has 0 bridgehead atoms. The fraction of sp³-hybridized carbons (Fsp3) is 0.541. The van der Waals surface area contributed by atoms with Crippen molar-refractivity contribution in [3.05, 3.63) is 65.0 Å². The van der Waals surface area contributed by atoms with E-state index in [0.717, 1.165) is 24.3 Å². The van der Waals surface area contributed by atoms with Crippen molar-refractivity contribution in [1.82, 2.24) is 20.4 Å². The Morgan fingerprint density at radius 2 is 1.62 bits per heavy atom. The average Bonchev–Trinajstić information content (AvgIpc) is 3.12. The summed E-state index contributed by atoms with van der Waals surface area (Å²) < 4.78 is 87.2. The molecule has 1 saturated carbocycles. The van der Waals surface area contributed by atoms with Crippen LogP contribution in [0.3, 0.4) is 0 Å². The van der Waals surface area contributed by atoms with Crippen molar-refractivity contribution in [2.24, 2.45) is 11.3 Å². The van der Waals surface area contributed by atoms with E-state index < -0.39 is 83.2 Å². The van der Waals surface area contributed by atoms with Crippen LogP contribution in [-0.2, 0) is 25.1 Å². The van der Waals surface area contributed by atoms with E-state index >= 15 is 13.2 Å². The lowest BCUT2D eigenvalue weighted by Crippen LogP contribution is -2.57. The monoisotopic (exact) mass is 750 g/mol. The summed E-state index contributed by atoms with van der Waals surface area (Å²) in [6.45, 7) is 6.80. The summed E-state index contributed by atoms with van der Waals surface area (Å²) in [5.74, 6) is -11.4. The Hall–Kier alpha value is -4.65. The van der Waals surface area contributed by atoms with Crippen molar-refractivity contribution in [3.8, 4) is 6.07 Å². The van der Waals surface area contributed by atoms with Gasteiger partial charge in [0.2, 0.25) is 17.7 Å². The highest BCUT2D eigenvalue weighted by Crippen LogP contribution is 2.47. The first kappa shape index (κ1) is 41.1. The Morgan fingerprint density at radius 1 is 0.981 bits per heavy atom. The lowest BCUT2D eigenvalue weighted by Gasteiger charge is -2.43. The summed E-state index contributed by atoms with van der Waals surface area (Å²) in [6.07, 6.45) is -5.80. The van der Waals surface area contributed by atoms with Crippen LogP contribution >= 0.6 is 0 Å². The highest BCUT2D eigenvalue weighted by molar-refractivity contribution is 5.99. The molecule has 16 heteroatoms. The van der Waals surface area contributed by atoms with E-state index in [9.17, 15) is 32.3 Å². The summed E-state index contributed by atoms with van der Waals surface area (Å²) >= 11 is 0.